The van der Waals surface area contributed by atoms with Gasteiger partial charge in [-0.25, -0.2) is 4.79 Å². The summed E-state index contributed by atoms with van der Waals surface area (Å²) in [6, 6.07) is 7.39. The maximum Gasteiger partial charge on any atom is 0.325 e. The van der Waals surface area contributed by atoms with Crippen molar-refractivity contribution in [3.8, 4) is 5.69 Å². The molecule has 1 amide bonds. The summed E-state index contributed by atoms with van der Waals surface area (Å²) in [7, 11) is 0. The molecule has 0 radical (unpaired) electrons. The molecule has 3 heterocycles. The first-order valence-electron chi connectivity index (χ1n) is 10.2. The Kier molecular flexibility index (Phi) is 6.56. The number of aromatic amines is 2. The van der Waals surface area contributed by atoms with E-state index in [4.69, 9.17) is 4.74 Å². The Balaban J connectivity index is 1.67. The van der Waals surface area contributed by atoms with Gasteiger partial charge < -0.3 is 14.6 Å². The van der Waals surface area contributed by atoms with Crippen LogP contribution in [0.1, 0.15) is 22.6 Å². The monoisotopic (exact) mass is 456 g/mol. The van der Waals surface area contributed by atoms with Crippen LogP contribution in [-0.4, -0.2) is 67.6 Å². The van der Waals surface area contributed by atoms with Gasteiger partial charge in [-0.2, -0.15) is 0 Å². The summed E-state index contributed by atoms with van der Waals surface area (Å²) < 4.78 is 7.20. The van der Waals surface area contributed by atoms with Crippen LogP contribution >= 0.6 is 11.8 Å². The number of benzene rings is 1. The molecule has 2 aromatic heterocycles. The highest BCUT2D eigenvalue weighted by Gasteiger charge is 2.21. The fourth-order valence-corrected chi connectivity index (χ4v) is 4.39. The van der Waals surface area contributed by atoms with E-state index in [0.29, 0.717) is 43.0 Å². The van der Waals surface area contributed by atoms with Gasteiger partial charge in [0.05, 0.1) is 24.7 Å². The van der Waals surface area contributed by atoms with Gasteiger partial charge in [-0.3, -0.25) is 19.1 Å². The molecular formula is C21H24N6O4S. The zero-order valence-corrected chi connectivity index (χ0v) is 18.7. The molecule has 0 unspecified atom stereocenters. The molecule has 0 spiro atoms. The largest absolute Gasteiger partial charge is 0.378 e. The summed E-state index contributed by atoms with van der Waals surface area (Å²) in [4.78, 5) is 42.6. The molecule has 1 aliphatic rings. The molecule has 4 rings (SSSR count). The topological polar surface area (TPSA) is 126 Å². The average Bonchev–Trinajstić information content (AvgIpc) is 3.15. The molecule has 168 valence electrons. The highest BCUT2D eigenvalue weighted by atomic mass is 32.2. The maximum absolute atomic E-state index is 12.6. The van der Waals surface area contributed by atoms with Crippen molar-refractivity contribution in [1.29, 1.82) is 0 Å². The van der Waals surface area contributed by atoms with E-state index in [1.54, 1.807) is 4.90 Å². The van der Waals surface area contributed by atoms with Crippen LogP contribution in [0.3, 0.4) is 0 Å². The molecule has 3 aromatic rings. The van der Waals surface area contributed by atoms with Gasteiger partial charge in [0.25, 0.3) is 5.56 Å². The first-order valence-corrected chi connectivity index (χ1v) is 11.2. The lowest BCUT2D eigenvalue weighted by molar-refractivity contribution is -0.132. The molecule has 0 aliphatic carbocycles. The highest BCUT2D eigenvalue weighted by molar-refractivity contribution is 7.99. The number of carbonyl (C=O) groups is 1. The zero-order valence-electron chi connectivity index (χ0n) is 17.9. The Morgan fingerprint density at radius 1 is 1.12 bits per heavy atom. The van der Waals surface area contributed by atoms with E-state index >= 15 is 0 Å². The minimum atomic E-state index is -0.573. The van der Waals surface area contributed by atoms with Crippen molar-refractivity contribution >= 4 is 17.7 Å². The number of nitrogens with zero attached hydrogens (tertiary/aromatic N) is 4. The Hall–Kier alpha value is -3.18. The molecule has 2 N–H and O–H groups in total. The van der Waals surface area contributed by atoms with Crippen molar-refractivity contribution < 1.29 is 9.53 Å². The number of hydrogen-bond acceptors (Lipinski definition) is 7. The molecule has 0 bridgehead atoms. The summed E-state index contributed by atoms with van der Waals surface area (Å²) in [6.45, 7) is 6.26. The Bertz CT molecular complexity index is 1210. The highest BCUT2D eigenvalue weighted by Crippen LogP contribution is 2.26. The van der Waals surface area contributed by atoms with Crippen LogP contribution in [0.25, 0.3) is 5.69 Å². The number of H-pyrrole nitrogens is 2. The number of rotatable bonds is 6. The van der Waals surface area contributed by atoms with Crippen molar-refractivity contribution in [2.75, 3.05) is 32.1 Å². The van der Waals surface area contributed by atoms with Crippen LogP contribution in [0.15, 0.2) is 39.0 Å². The van der Waals surface area contributed by atoms with Crippen LogP contribution in [0.2, 0.25) is 0 Å². The zero-order chi connectivity index (χ0) is 22.7. The van der Waals surface area contributed by atoms with Crippen LogP contribution in [0.5, 0.6) is 0 Å². The quantitative estimate of drug-likeness (QED) is 0.526. The molecule has 10 nitrogen and oxygen atoms in total. The van der Waals surface area contributed by atoms with Crippen molar-refractivity contribution in [1.82, 2.24) is 29.6 Å². The standard InChI is InChI=1S/C21H24N6O4S/c1-13-3-4-14(2)16(9-13)27-17(10-15-11-18(28)23-20(30)22-15)24-25-21(27)32-12-19(29)26-5-7-31-8-6-26/h3-4,9,11H,5-8,10,12H2,1-2H3,(H2,22,23,28,30). The normalized spacial score (nSPS) is 14.0. The fourth-order valence-electron chi connectivity index (χ4n) is 3.53. The van der Waals surface area contributed by atoms with Gasteiger partial charge in [0.15, 0.2) is 5.16 Å². The first-order chi connectivity index (χ1) is 15.4. The van der Waals surface area contributed by atoms with Crippen LogP contribution in [0, 0.1) is 13.8 Å². The molecular weight excluding hydrogens is 432 g/mol. The molecule has 1 fully saturated rings. The molecule has 32 heavy (non-hydrogen) atoms. The number of ether oxygens (including phenoxy) is 1. The SMILES string of the molecule is Cc1ccc(C)c(-n2c(Cc3cc(=O)[nH]c(=O)[nH]3)nnc2SCC(=O)N2CCOCC2)c1. The number of aromatic nitrogens is 5. The summed E-state index contributed by atoms with van der Waals surface area (Å²) >= 11 is 1.31. The van der Waals surface area contributed by atoms with Crippen molar-refractivity contribution in [2.45, 2.75) is 25.4 Å². The average molecular weight is 457 g/mol. The van der Waals surface area contributed by atoms with Gasteiger partial charge in [-0.15, -0.1) is 10.2 Å². The van der Waals surface area contributed by atoms with E-state index in [2.05, 4.69) is 20.2 Å². The summed E-state index contributed by atoms with van der Waals surface area (Å²) in [5.74, 6) is 0.806. The number of aryl methyl sites for hydroxylation is 2. The van der Waals surface area contributed by atoms with Gasteiger partial charge in [0, 0.05) is 31.3 Å². The smallest absolute Gasteiger partial charge is 0.325 e. The van der Waals surface area contributed by atoms with Gasteiger partial charge >= 0.3 is 5.69 Å². The molecule has 0 saturated carbocycles. The van der Waals surface area contributed by atoms with Crippen molar-refractivity contribution in [2.24, 2.45) is 0 Å². The van der Waals surface area contributed by atoms with E-state index < -0.39 is 11.2 Å². The number of amides is 1. The van der Waals surface area contributed by atoms with Crippen molar-refractivity contribution in [3.05, 3.63) is 67.7 Å². The van der Waals surface area contributed by atoms with E-state index in [0.717, 1.165) is 16.8 Å². The van der Waals surface area contributed by atoms with Gasteiger partial charge in [-0.05, 0) is 31.0 Å². The predicted octanol–water partition coefficient (Wildman–Crippen LogP) is 0.802. The van der Waals surface area contributed by atoms with Gasteiger partial charge in [0.2, 0.25) is 5.91 Å². The van der Waals surface area contributed by atoms with Crippen LogP contribution in [-0.2, 0) is 16.0 Å². The number of carbonyl (C=O) groups excluding carboxylic acids is 1. The summed E-state index contributed by atoms with van der Waals surface area (Å²) in [6.07, 6.45) is 0.206. The van der Waals surface area contributed by atoms with E-state index in [1.807, 2.05) is 36.6 Å². The second-order valence-electron chi connectivity index (χ2n) is 7.60. The molecule has 0 atom stereocenters. The number of nitrogens with one attached hydrogen (secondary N) is 2. The number of thioether (sulfide) groups is 1. The van der Waals surface area contributed by atoms with Gasteiger partial charge in [0.1, 0.15) is 5.82 Å². The third-order valence-corrected chi connectivity index (χ3v) is 6.07. The van der Waals surface area contributed by atoms with Gasteiger partial charge in [-0.1, -0.05) is 23.9 Å². The molecule has 1 saturated heterocycles. The lowest BCUT2D eigenvalue weighted by atomic mass is 10.1. The molecule has 11 heteroatoms. The van der Waals surface area contributed by atoms with Crippen molar-refractivity contribution in [3.63, 3.8) is 0 Å². The Morgan fingerprint density at radius 3 is 2.66 bits per heavy atom. The van der Waals surface area contributed by atoms with E-state index in [1.165, 1.54) is 17.8 Å². The minimum absolute atomic E-state index is 0.0225. The second kappa shape index (κ2) is 9.53. The van der Waals surface area contributed by atoms with Crippen LogP contribution in [0.4, 0.5) is 0 Å². The molecule has 1 aliphatic heterocycles. The van der Waals surface area contributed by atoms with E-state index in [-0.39, 0.29) is 18.1 Å². The minimum Gasteiger partial charge on any atom is -0.378 e. The first kappa shape index (κ1) is 22.0. The maximum atomic E-state index is 12.6. The third kappa shape index (κ3) is 5.00. The number of morpholine rings is 1. The lowest BCUT2D eigenvalue weighted by Crippen LogP contribution is -2.41. The Morgan fingerprint density at radius 2 is 1.91 bits per heavy atom. The van der Waals surface area contributed by atoms with E-state index in [9.17, 15) is 14.4 Å². The van der Waals surface area contributed by atoms with Crippen LogP contribution < -0.4 is 11.2 Å². The second-order valence-corrected chi connectivity index (χ2v) is 8.54. The predicted molar refractivity (Wildman–Crippen MR) is 119 cm³/mol. The summed E-state index contributed by atoms with van der Waals surface area (Å²) in [5.41, 5.74) is 2.34. The third-order valence-electron chi connectivity index (χ3n) is 5.16. The lowest BCUT2D eigenvalue weighted by Gasteiger charge is -2.26. The Labute approximate surface area is 188 Å². The summed E-state index contributed by atoms with van der Waals surface area (Å²) in [5, 5.41) is 9.22. The fraction of sp³-hybridized carbons (Fsp3) is 0.381. The molecule has 1 aromatic carbocycles. The number of hydrogen-bond donors (Lipinski definition) is 2.